The molecule has 0 saturated carbocycles. The van der Waals surface area contributed by atoms with Crippen molar-refractivity contribution in [2.24, 2.45) is 0 Å². The van der Waals surface area contributed by atoms with Gasteiger partial charge in [-0.25, -0.2) is 0 Å². The second-order valence-electron chi connectivity index (χ2n) is 6.25. The number of hydrogen-bond acceptors (Lipinski definition) is 4. The van der Waals surface area contributed by atoms with Crippen LogP contribution >= 0.6 is 23.2 Å². The summed E-state index contributed by atoms with van der Waals surface area (Å²) in [4.78, 5) is 17.5. The Morgan fingerprint density at radius 3 is 2.81 bits per heavy atom. The highest BCUT2D eigenvalue weighted by atomic mass is 35.5. The van der Waals surface area contributed by atoms with Crippen LogP contribution in [-0.4, -0.2) is 24.6 Å². The summed E-state index contributed by atoms with van der Waals surface area (Å²) in [6.07, 6.45) is 3.72. The number of fused-ring (bicyclic) bond motifs is 2. The summed E-state index contributed by atoms with van der Waals surface area (Å²) in [5.41, 5.74) is -0.0716. The molecular weight excluding hydrogens is 387 g/mol. The molecule has 1 atom stereocenters. The number of nitrogens with zero attached hydrogens (tertiary/aromatic N) is 1. The van der Waals surface area contributed by atoms with Gasteiger partial charge in [-0.2, -0.15) is 0 Å². The number of ether oxygens (including phenoxy) is 2. The van der Waals surface area contributed by atoms with Crippen LogP contribution in [0.3, 0.4) is 0 Å². The van der Waals surface area contributed by atoms with E-state index in [1.54, 1.807) is 24.5 Å². The Bertz CT molecular complexity index is 1040. The molecule has 0 saturated heterocycles. The van der Waals surface area contributed by atoms with Gasteiger partial charge in [0.05, 0.1) is 28.5 Å². The van der Waals surface area contributed by atoms with Crippen LogP contribution in [0.15, 0.2) is 48.8 Å². The highest BCUT2D eigenvalue weighted by Gasteiger charge is 2.45. The lowest BCUT2D eigenvalue weighted by Gasteiger charge is -2.36. The van der Waals surface area contributed by atoms with Crippen molar-refractivity contribution in [1.29, 1.82) is 0 Å². The molecule has 27 heavy (non-hydrogen) atoms. The first-order valence-electron chi connectivity index (χ1n) is 8.37. The van der Waals surface area contributed by atoms with Crippen molar-refractivity contribution in [3.05, 3.63) is 64.4 Å². The number of carbonyl (C=O) groups is 1. The molecule has 0 radical (unpaired) electrons. The van der Waals surface area contributed by atoms with Gasteiger partial charge in [0, 0.05) is 42.1 Å². The zero-order valence-electron chi connectivity index (χ0n) is 14.5. The first kappa shape index (κ1) is 18.0. The predicted molar refractivity (Wildman–Crippen MR) is 106 cm³/mol. The topological polar surface area (TPSA) is 60.5 Å². The largest absolute Gasteiger partial charge is 0.493 e. The van der Waals surface area contributed by atoms with Crippen LogP contribution in [0.2, 0.25) is 10.0 Å². The van der Waals surface area contributed by atoms with Gasteiger partial charge in [-0.15, -0.1) is 0 Å². The van der Waals surface area contributed by atoms with Gasteiger partial charge in [-0.1, -0.05) is 47.5 Å². The molecule has 1 amide bonds. The van der Waals surface area contributed by atoms with Crippen LogP contribution in [0.4, 0.5) is 5.69 Å². The summed E-state index contributed by atoms with van der Waals surface area (Å²) < 4.78 is 11.4. The smallest absolute Gasteiger partial charge is 0.261 e. The fourth-order valence-corrected chi connectivity index (χ4v) is 3.70. The Hall–Kier alpha value is -2.34. The van der Waals surface area contributed by atoms with E-state index in [0.29, 0.717) is 40.1 Å². The number of nitrogens with one attached hydrogen (secondary N) is 1. The molecule has 0 aliphatic carbocycles. The van der Waals surface area contributed by atoms with E-state index >= 15 is 0 Å². The van der Waals surface area contributed by atoms with Gasteiger partial charge in [0.1, 0.15) is 5.75 Å². The molecule has 1 unspecified atom stereocenters. The van der Waals surface area contributed by atoms with Crippen molar-refractivity contribution in [2.45, 2.75) is 12.0 Å². The summed E-state index contributed by atoms with van der Waals surface area (Å²) in [6.45, 7) is 0.319. The van der Waals surface area contributed by atoms with Crippen LogP contribution in [0, 0.1) is 0 Å². The lowest BCUT2D eigenvalue weighted by Crippen LogP contribution is -2.45. The van der Waals surface area contributed by atoms with E-state index in [9.17, 15) is 4.79 Å². The molecule has 3 aromatic rings. The van der Waals surface area contributed by atoms with Crippen molar-refractivity contribution >= 4 is 45.6 Å². The molecule has 1 aliphatic rings. The highest BCUT2D eigenvalue weighted by molar-refractivity contribution is 6.42. The first-order chi connectivity index (χ1) is 13.0. The van der Waals surface area contributed by atoms with Crippen molar-refractivity contribution in [3.8, 4) is 5.75 Å². The normalized spacial score (nSPS) is 18.6. The van der Waals surface area contributed by atoms with E-state index in [-0.39, 0.29) is 5.91 Å². The number of hydrogen-bond donors (Lipinski definition) is 1. The molecule has 1 aliphatic heterocycles. The van der Waals surface area contributed by atoms with Gasteiger partial charge in [0.25, 0.3) is 5.91 Å². The quantitative estimate of drug-likeness (QED) is 0.682. The first-order valence-corrected chi connectivity index (χ1v) is 9.12. The second kappa shape index (κ2) is 7.00. The van der Waals surface area contributed by atoms with Gasteiger partial charge in [0.15, 0.2) is 5.60 Å². The summed E-state index contributed by atoms with van der Waals surface area (Å²) >= 11 is 12.3. The third kappa shape index (κ3) is 3.02. The van der Waals surface area contributed by atoms with Crippen molar-refractivity contribution in [2.75, 3.05) is 19.0 Å². The average Bonchev–Trinajstić information content (AvgIpc) is 2.69. The number of carbonyl (C=O) groups excluding carboxylic acids is 1. The Labute approximate surface area is 166 Å². The number of benzene rings is 2. The minimum absolute atomic E-state index is 0.314. The highest BCUT2D eigenvalue weighted by Crippen LogP contribution is 2.44. The Morgan fingerprint density at radius 2 is 2.00 bits per heavy atom. The Kier molecular flexibility index (Phi) is 4.68. The van der Waals surface area contributed by atoms with Gasteiger partial charge >= 0.3 is 0 Å². The van der Waals surface area contributed by atoms with Gasteiger partial charge in [-0.05, 0) is 6.07 Å². The third-order valence-corrected chi connectivity index (χ3v) is 5.52. The zero-order valence-corrected chi connectivity index (χ0v) is 16.0. The van der Waals surface area contributed by atoms with Gasteiger partial charge in [-0.3, -0.25) is 9.78 Å². The van der Waals surface area contributed by atoms with Crippen molar-refractivity contribution in [3.63, 3.8) is 0 Å². The molecule has 0 fully saturated rings. The van der Waals surface area contributed by atoms with E-state index in [1.807, 2.05) is 24.3 Å². The lowest BCUT2D eigenvalue weighted by atomic mass is 9.86. The molecule has 7 heteroatoms. The molecule has 0 bridgehead atoms. The second-order valence-corrected chi connectivity index (χ2v) is 7.07. The van der Waals surface area contributed by atoms with E-state index in [4.69, 9.17) is 32.7 Å². The number of anilines is 1. The molecule has 138 valence electrons. The molecule has 0 spiro atoms. The summed E-state index contributed by atoms with van der Waals surface area (Å²) in [7, 11) is 1.50. The molecule has 2 aromatic carbocycles. The zero-order chi connectivity index (χ0) is 19.0. The maximum Gasteiger partial charge on any atom is 0.261 e. The van der Waals surface area contributed by atoms with E-state index in [1.165, 1.54) is 7.11 Å². The van der Waals surface area contributed by atoms with E-state index < -0.39 is 5.60 Å². The van der Waals surface area contributed by atoms with Crippen LogP contribution in [0.5, 0.6) is 5.75 Å². The molecule has 4 rings (SSSR count). The van der Waals surface area contributed by atoms with Crippen LogP contribution in [0.1, 0.15) is 12.0 Å². The number of amides is 1. The minimum Gasteiger partial charge on any atom is -0.493 e. The van der Waals surface area contributed by atoms with Crippen LogP contribution in [-0.2, 0) is 15.1 Å². The van der Waals surface area contributed by atoms with Gasteiger partial charge in [0.2, 0.25) is 0 Å². The molecule has 5 nitrogen and oxygen atoms in total. The fraction of sp³-hybridized carbons (Fsp3) is 0.200. The number of halogens is 2. The van der Waals surface area contributed by atoms with E-state index in [0.717, 1.165) is 10.8 Å². The Morgan fingerprint density at radius 1 is 1.22 bits per heavy atom. The number of pyridine rings is 1. The monoisotopic (exact) mass is 402 g/mol. The molecule has 2 heterocycles. The average molecular weight is 403 g/mol. The van der Waals surface area contributed by atoms with Crippen molar-refractivity contribution in [1.82, 2.24) is 4.98 Å². The number of rotatable bonds is 3. The maximum atomic E-state index is 13.3. The summed E-state index contributed by atoms with van der Waals surface area (Å²) in [5, 5.41) is 5.49. The molecular formula is C20H16Cl2N2O3. The lowest BCUT2D eigenvalue weighted by molar-refractivity contribution is -0.142. The van der Waals surface area contributed by atoms with Gasteiger partial charge < -0.3 is 14.8 Å². The van der Waals surface area contributed by atoms with Crippen LogP contribution < -0.4 is 10.1 Å². The summed E-state index contributed by atoms with van der Waals surface area (Å²) in [6, 6.07) is 10.9. The molecule has 1 aromatic heterocycles. The van der Waals surface area contributed by atoms with Crippen LogP contribution in [0.25, 0.3) is 10.8 Å². The minimum atomic E-state index is -1.24. The summed E-state index contributed by atoms with van der Waals surface area (Å²) in [5.74, 6) is 0.176. The standard InChI is InChI=1S/C20H16Cl2N2O3/c1-26-20(6-7-27-18-9-16(22)15(21)8-14(18)20)19(25)24-17-11-23-10-12-4-2-3-5-13(12)17/h2-5,8-11H,6-7H2,1H3,(H,24,25). The number of aromatic nitrogens is 1. The maximum absolute atomic E-state index is 13.3. The Balaban J connectivity index is 1.77. The fourth-order valence-electron chi connectivity index (χ4n) is 3.38. The SMILES string of the molecule is COC1(C(=O)Nc2cncc3ccccc23)CCOc2cc(Cl)c(Cl)cc21. The molecule has 1 N–H and O–H groups in total. The van der Waals surface area contributed by atoms with E-state index in [2.05, 4.69) is 10.3 Å². The number of methoxy groups -OCH3 is 1. The van der Waals surface area contributed by atoms with Crippen molar-refractivity contribution < 1.29 is 14.3 Å². The third-order valence-electron chi connectivity index (χ3n) is 4.80. The predicted octanol–water partition coefficient (Wildman–Crippen LogP) is 4.80.